The van der Waals surface area contributed by atoms with Crippen LogP contribution in [0.3, 0.4) is 0 Å². The van der Waals surface area contributed by atoms with Crippen molar-refractivity contribution in [2.45, 2.75) is 58.8 Å². The van der Waals surface area contributed by atoms with Gasteiger partial charge in [-0.15, -0.1) is 0 Å². The summed E-state index contributed by atoms with van der Waals surface area (Å²) in [6.45, 7) is 12.1. The standard InChI is InChI=1S/C21H30N4O4/c1-14-8-7-9-25-15(14)12-22-18(25)21(5,6)23-17(26)16-13-24(10-11-28-16)19(27)29-20(2,3)4/h7-9,12,16H,10-11,13H2,1-6H3,(H,23,26)/t16-/m0/s1. The summed E-state index contributed by atoms with van der Waals surface area (Å²) in [5, 5.41) is 3.02. The number of carbonyl (C=O) groups excluding carboxylic acids is 2. The molecule has 1 fully saturated rings. The van der Waals surface area contributed by atoms with E-state index in [9.17, 15) is 9.59 Å². The molecule has 158 valence electrons. The van der Waals surface area contributed by atoms with E-state index in [0.29, 0.717) is 6.54 Å². The first-order valence-corrected chi connectivity index (χ1v) is 9.83. The minimum atomic E-state index is -0.761. The molecule has 1 N–H and O–H groups in total. The maximum absolute atomic E-state index is 12.9. The number of hydrogen-bond acceptors (Lipinski definition) is 5. The Bertz CT molecular complexity index is 913. The molecule has 0 radical (unpaired) electrons. The lowest BCUT2D eigenvalue weighted by molar-refractivity contribution is -0.139. The molecular formula is C21H30N4O4. The van der Waals surface area contributed by atoms with Gasteiger partial charge in [0.1, 0.15) is 11.4 Å². The highest BCUT2D eigenvalue weighted by Gasteiger charge is 2.35. The van der Waals surface area contributed by atoms with Crippen molar-refractivity contribution in [1.29, 1.82) is 0 Å². The molecule has 8 nitrogen and oxygen atoms in total. The first-order valence-electron chi connectivity index (χ1n) is 9.83. The Morgan fingerprint density at radius 3 is 2.69 bits per heavy atom. The summed E-state index contributed by atoms with van der Waals surface area (Å²) in [5.74, 6) is 0.442. The number of imidazole rings is 1. The van der Waals surface area contributed by atoms with E-state index >= 15 is 0 Å². The number of nitrogens with zero attached hydrogens (tertiary/aromatic N) is 3. The first kappa shape index (κ1) is 21.1. The van der Waals surface area contributed by atoms with Gasteiger partial charge in [-0.1, -0.05) is 6.07 Å². The number of amides is 2. The molecule has 3 rings (SSSR count). The van der Waals surface area contributed by atoms with Gasteiger partial charge in [-0.25, -0.2) is 9.78 Å². The molecule has 1 aliphatic rings. The van der Waals surface area contributed by atoms with Crippen LogP contribution in [-0.4, -0.2) is 57.7 Å². The molecule has 29 heavy (non-hydrogen) atoms. The third-order valence-electron chi connectivity index (χ3n) is 4.79. The molecule has 1 saturated heterocycles. The van der Waals surface area contributed by atoms with E-state index in [1.54, 1.807) is 6.20 Å². The normalized spacial score (nSPS) is 18.0. The summed E-state index contributed by atoms with van der Waals surface area (Å²) in [6.07, 6.45) is 2.54. The van der Waals surface area contributed by atoms with Gasteiger partial charge in [0, 0.05) is 12.7 Å². The summed E-state index contributed by atoms with van der Waals surface area (Å²) < 4.78 is 13.0. The van der Waals surface area contributed by atoms with Crippen LogP contribution in [0.25, 0.3) is 5.52 Å². The Hall–Kier alpha value is -2.61. The number of carbonyl (C=O) groups is 2. The Morgan fingerprint density at radius 1 is 1.28 bits per heavy atom. The SMILES string of the molecule is Cc1cccn2c(C(C)(C)NC(=O)[C@@H]3CN(C(=O)OC(C)(C)C)CCO3)ncc12. The van der Waals surface area contributed by atoms with Crippen molar-refractivity contribution < 1.29 is 19.1 Å². The zero-order chi connectivity index (χ0) is 21.4. The number of rotatable bonds is 3. The molecule has 0 saturated carbocycles. The second-order valence-electron chi connectivity index (χ2n) is 8.93. The van der Waals surface area contributed by atoms with Crippen molar-refractivity contribution >= 4 is 17.5 Å². The van der Waals surface area contributed by atoms with Crippen molar-refractivity contribution in [1.82, 2.24) is 19.6 Å². The third kappa shape index (κ3) is 4.70. The summed E-state index contributed by atoms with van der Waals surface area (Å²) in [4.78, 5) is 31.3. The van der Waals surface area contributed by atoms with E-state index in [1.165, 1.54) is 4.90 Å². The van der Waals surface area contributed by atoms with Gasteiger partial charge in [0.25, 0.3) is 5.91 Å². The van der Waals surface area contributed by atoms with Gasteiger partial charge in [-0.2, -0.15) is 0 Å². The average Bonchev–Trinajstić information content (AvgIpc) is 3.06. The maximum atomic E-state index is 12.9. The summed E-state index contributed by atoms with van der Waals surface area (Å²) in [7, 11) is 0. The molecule has 0 bridgehead atoms. The second kappa shape index (κ2) is 7.67. The van der Waals surface area contributed by atoms with Crippen LogP contribution in [0.4, 0.5) is 4.79 Å². The zero-order valence-corrected chi connectivity index (χ0v) is 18.0. The molecule has 0 unspecified atom stereocenters. The molecule has 0 aromatic carbocycles. The van der Waals surface area contributed by atoms with Crippen molar-refractivity contribution in [2.75, 3.05) is 19.7 Å². The first-order chi connectivity index (χ1) is 13.5. The van der Waals surface area contributed by atoms with Crippen LogP contribution in [0.5, 0.6) is 0 Å². The molecule has 1 aliphatic heterocycles. The van der Waals surface area contributed by atoms with E-state index in [2.05, 4.69) is 10.3 Å². The quantitative estimate of drug-likeness (QED) is 0.853. The fourth-order valence-corrected chi connectivity index (χ4v) is 3.37. The topological polar surface area (TPSA) is 85.2 Å². The predicted molar refractivity (Wildman–Crippen MR) is 109 cm³/mol. The molecule has 0 spiro atoms. The van der Waals surface area contributed by atoms with Crippen molar-refractivity contribution in [3.05, 3.63) is 35.9 Å². The van der Waals surface area contributed by atoms with Crippen LogP contribution in [0.15, 0.2) is 24.5 Å². The van der Waals surface area contributed by atoms with Gasteiger partial charge in [0.05, 0.1) is 30.4 Å². The molecule has 0 aliphatic carbocycles. The molecule has 3 heterocycles. The van der Waals surface area contributed by atoms with Crippen LogP contribution in [-0.2, 0) is 19.8 Å². The van der Waals surface area contributed by atoms with Crippen molar-refractivity contribution in [3.63, 3.8) is 0 Å². The predicted octanol–water partition coefficient (Wildman–Crippen LogP) is 2.63. The number of pyridine rings is 1. The van der Waals surface area contributed by atoms with Gasteiger partial charge < -0.3 is 24.1 Å². The lowest BCUT2D eigenvalue weighted by Gasteiger charge is -2.35. The van der Waals surface area contributed by atoms with E-state index in [4.69, 9.17) is 9.47 Å². The number of hydrogen-bond donors (Lipinski definition) is 1. The highest BCUT2D eigenvalue weighted by Crippen LogP contribution is 2.23. The zero-order valence-electron chi connectivity index (χ0n) is 18.0. The summed E-state index contributed by atoms with van der Waals surface area (Å²) in [5.41, 5.74) is 0.788. The highest BCUT2D eigenvalue weighted by atomic mass is 16.6. The fraction of sp³-hybridized carbons (Fsp3) is 0.571. The van der Waals surface area contributed by atoms with Gasteiger partial charge in [0.15, 0.2) is 6.10 Å². The Kier molecular flexibility index (Phi) is 5.58. The van der Waals surface area contributed by atoms with Crippen molar-refractivity contribution in [3.8, 4) is 0 Å². The number of morpholine rings is 1. The smallest absolute Gasteiger partial charge is 0.410 e. The van der Waals surface area contributed by atoms with E-state index < -0.39 is 23.3 Å². The average molecular weight is 402 g/mol. The van der Waals surface area contributed by atoms with Crippen LogP contribution < -0.4 is 5.32 Å². The van der Waals surface area contributed by atoms with Crippen molar-refractivity contribution in [2.24, 2.45) is 0 Å². The number of aromatic nitrogens is 2. The number of aryl methyl sites for hydroxylation is 1. The minimum Gasteiger partial charge on any atom is -0.444 e. The van der Waals surface area contributed by atoms with Crippen LogP contribution in [0, 0.1) is 6.92 Å². The Morgan fingerprint density at radius 2 is 2.00 bits per heavy atom. The van der Waals surface area contributed by atoms with Crippen LogP contribution in [0.2, 0.25) is 0 Å². The number of ether oxygens (including phenoxy) is 2. The molecule has 2 aromatic heterocycles. The van der Waals surface area contributed by atoms with Gasteiger partial charge in [-0.3, -0.25) is 4.79 Å². The molecule has 2 aromatic rings. The fourth-order valence-electron chi connectivity index (χ4n) is 3.37. The van der Waals surface area contributed by atoms with Crippen LogP contribution >= 0.6 is 0 Å². The van der Waals surface area contributed by atoms with Gasteiger partial charge in [-0.05, 0) is 53.2 Å². The van der Waals surface area contributed by atoms with Crippen LogP contribution in [0.1, 0.15) is 46.0 Å². The lowest BCUT2D eigenvalue weighted by Crippen LogP contribution is -2.55. The maximum Gasteiger partial charge on any atom is 0.410 e. The van der Waals surface area contributed by atoms with E-state index in [-0.39, 0.29) is 19.1 Å². The molecular weight excluding hydrogens is 372 g/mol. The molecule has 1 atom stereocenters. The lowest BCUT2D eigenvalue weighted by atomic mass is 10.0. The summed E-state index contributed by atoms with van der Waals surface area (Å²) in [6, 6.07) is 3.97. The minimum absolute atomic E-state index is 0.151. The third-order valence-corrected chi connectivity index (χ3v) is 4.79. The van der Waals surface area contributed by atoms with Gasteiger partial charge >= 0.3 is 6.09 Å². The van der Waals surface area contributed by atoms with E-state index in [0.717, 1.165) is 16.9 Å². The largest absolute Gasteiger partial charge is 0.444 e. The summed E-state index contributed by atoms with van der Waals surface area (Å²) >= 11 is 0. The highest BCUT2D eigenvalue weighted by molar-refractivity contribution is 5.82. The monoisotopic (exact) mass is 402 g/mol. The number of nitrogens with one attached hydrogen (secondary N) is 1. The second-order valence-corrected chi connectivity index (χ2v) is 8.93. The van der Waals surface area contributed by atoms with E-state index in [1.807, 2.05) is 64.3 Å². The van der Waals surface area contributed by atoms with Gasteiger partial charge in [0.2, 0.25) is 0 Å². The Balaban J connectivity index is 1.71. The Labute approximate surface area is 171 Å². The number of fused-ring (bicyclic) bond motifs is 1. The molecule has 8 heteroatoms. The molecule has 2 amide bonds.